The van der Waals surface area contributed by atoms with Crippen LogP contribution in [-0.2, 0) is 10.0 Å². The Balaban J connectivity index is 1.57. The molecule has 7 nitrogen and oxygen atoms in total. The van der Waals surface area contributed by atoms with Crippen molar-refractivity contribution in [3.63, 3.8) is 0 Å². The van der Waals surface area contributed by atoms with Crippen LogP contribution in [0.4, 0.5) is 0 Å². The van der Waals surface area contributed by atoms with E-state index in [1.165, 1.54) is 16.4 Å². The van der Waals surface area contributed by atoms with Gasteiger partial charge in [0.2, 0.25) is 10.0 Å². The molecule has 0 spiro atoms. The highest BCUT2D eigenvalue weighted by Crippen LogP contribution is 2.31. The van der Waals surface area contributed by atoms with Crippen LogP contribution in [0.15, 0.2) is 39.5 Å². The number of hydrogen-bond acceptors (Lipinski definition) is 5. The van der Waals surface area contributed by atoms with Crippen LogP contribution in [0.2, 0.25) is 0 Å². The van der Waals surface area contributed by atoms with Crippen LogP contribution in [0.25, 0.3) is 11.0 Å². The van der Waals surface area contributed by atoms with E-state index in [0.717, 1.165) is 17.8 Å². The molecule has 24 heavy (non-hydrogen) atoms. The van der Waals surface area contributed by atoms with E-state index in [1.54, 1.807) is 23.6 Å². The molecule has 0 radical (unpaired) electrons. The van der Waals surface area contributed by atoms with Gasteiger partial charge < -0.3 is 9.97 Å². The van der Waals surface area contributed by atoms with E-state index in [2.05, 4.69) is 15.0 Å². The predicted molar refractivity (Wildman–Crippen MR) is 91.8 cm³/mol. The number of aromatic amines is 2. The monoisotopic (exact) mass is 364 g/mol. The molecule has 0 bridgehead atoms. The number of thiazole rings is 1. The lowest BCUT2D eigenvalue weighted by Crippen LogP contribution is -2.37. The third-order valence-electron chi connectivity index (χ3n) is 4.38. The van der Waals surface area contributed by atoms with Crippen molar-refractivity contribution in [1.82, 2.24) is 19.3 Å². The quantitative estimate of drug-likeness (QED) is 0.741. The Labute approximate surface area is 142 Å². The zero-order valence-electron chi connectivity index (χ0n) is 12.7. The number of H-pyrrole nitrogens is 2. The molecule has 0 aliphatic carbocycles. The molecule has 1 aromatic carbocycles. The maximum atomic E-state index is 12.8. The maximum Gasteiger partial charge on any atom is 0.323 e. The fourth-order valence-electron chi connectivity index (χ4n) is 3.10. The number of nitrogens with zero attached hydrogens (tertiary/aromatic N) is 2. The summed E-state index contributed by atoms with van der Waals surface area (Å²) in [6, 6.07) is 4.66. The van der Waals surface area contributed by atoms with Gasteiger partial charge in [-0.05, 0) is 31.0 Å². The van der Waals surface area contributed by atoms with Crippen molar-refractivity contribution < 1.29 is 8.42 Å². The van der Waals surface area contributed by atoms with Gasteiger partial charge in [-0.1, -0.05) is 0 Å². The summed E-state index contributed by atoms with van der Waals surface area (Å²) < 4.78 is 27.2. The Morgan fingerprint density at radius 2 is 1.92 bits per heavy atom. The van der Waals surface area contributed by atoms with E-state index in [0.29, 0.717) is 30.0 Å². The number of rotatable bonds is 3. The van der Waals surface area contributed by atoms with Crippen molar-refractivity contribution >= 4 is 32.4 Å². The van der Waals surface area contributed by atoms with E-state index < -0.39 is 10.0 Å². The third kappa shape index (κ3) is 2.68. The number of benzene rings is 1. The zero-order valence-corrected chi connectivity index (χ0v) is 14.4. The van der Waals surface area contributed by atoms with Crippen LogP contribution in [0.3, 0.4) is 0 Å². The molecule has 1 aliphatic heterocycles. The molecule has 1 fully saturated rings. The van der Waals surface area contributed by atoms with Gasteiger partial charge in [-0.15, -0.1) is 11.3 Å². The first kappa shape index (κ1) is 15.6. The van der Waals surface area contributed by atoms with Crippen molar-refractivity contribution in [3.8, 4) is 0 Å². The van der Waals surface area contributed by atoms with Gasteiger partial charge in [0, 0.05) is 30.6 Å². The van der Waals surface area contributed by atoms with Gasteiger partial charge in [0.15, 0.2) is 0 Å². The lowest BCUT2D eigenvalue weighted by Gasteiger charge is -2.30. The summed E-state index contributed by atoms with van der Waals surface area (Å²) in [6.45, 7) is 0.961. The van der Waals surface area contributed by atoms with Crippen molar-refractivity contribution in [2.75, 3.05) is 13.1 Å². The Morgan fingerprint density at radius 1 is 1.17 bits per heavy atom. The molecule has 0 atom stereocenters. The first-order valence-corrected chi connectivity index (χ1v) is 9.97. The second-order valence-corrected chi connectivity index (χ2v) is 8.70. The van der Waals surface area contributed by atoms with E-state index in [4.69, 9.17) is 0 Å². The second-order valence-electron chi connectivity index (χ2n) is 5.84. The van der Waals surface area contributed by atoms with E-state index >= 15 is 0 Å². The topological polar surface area (TPSA) is 98.9 Å². The minimum Gasteiger partial charge on any atom is -0.306 e. The maximum absolute atomic E-state index is 12.8. The van der Waals surface area contributed by atoms with Crippen LogP contribution >= 0.6 is 11.3 Å². The summed E-state index contributed by atoms with van der Waals surface area (Å²) in [7, 11) is -3.56. The van der Waals surface area contributed by atoms with Crippen LogP contribution in [0.5, 0.6) is 0 Å². The largest absolute Gasteiger partial charge is 0.323 e. The summed E-state index contributed by atoms with van der Waals surface area (Å²) in [5, 5.41) is 3.03. The van der Waals surface area contributed by atoms with E-state index in [9.17, 15) is 13.2 Å². The molecule has 0 unspecified atom stereocenters. The predicted octanol–water partition coefficient (Wildman–Crippen LogP) is 1.88. The summed E-state index contributed by atoms with van der Waals surface area (Å²) in [4.78, 5) is 21.1. The third-order valence-corrected chi connectivity index (χ3v) is 7.21. The highest BCUT2D eigenvalue weighted by Gasteiger charge is 2.30. The summed E-state index contributed by atoms with van der Waals surface area (Å²) in [5.41, 5.74) is 0.754. The molecular weight excluding hydrogens is 348 g/mol. The normalized spacial score (nSPS) is 17.5. The molecule has 2 aromatic heterocycles. The van der Waals surface area contributed by atoms with Crippen molar-refractivity contribution in [2.24, 2.45) is 0 Å². The minimum atomic E-state index is -3.56. The molecule has 3 heterocycles. The van der Waals surface area contributed by atoms with Crippen molar-refractivity contribution in [1.29, 1.82) is 0 Å². The van der Waals surface area contributed by atoms with Crippen LogP contribution < -0.4 is 5.69 Å². The SMILES string of the molecule is O=c1[nH]c2ccc(S(=O)(=O)N3CCC(c4nccs4)CC3)cc2[nH]1. The first-order valence-electron chi connectivity index (χ1n) is 7.65. The Kier molecular flexibility index (Phi) is 3.78. The van der Waals surface area contributed by atoms with Gasteiger partial charge in [-0.3, -0.25) is 0 Å². The van der Waals surface area contributed by atoms with Gasteiger partial charge in [-0.25, -0.2) is 18.2 Å². The highest BCUT2D eigenvalue weighted by atomic mass is 32.2. The van der Waals surface area contributed by atoms with Crippen molar-refractivity contribution in [2.45, 2.75) is 23.7 Å². The van der Waals surface area contributed by atoms with Crippen LogP contribution in [0.1, 0.15) is 23.8 Å². The van der Waals surface area contributed by atoms with Crippen LogP contribution in [0, 0.1) is 0 Å². The fourth-order valence-corrected chi connectivity index (χ4v) is 5.41. The first-order chi connectivity index (χ1) is 11.5. The number of hydrogen-bond donors (Lipinski definition) is 2. The summed E-state index contributed by atoms with van der Waals surface area (Å²) in [5.74, 6) is 0.333. The second kappa shape index (κ2) is 5.83. The average molecular weight is 364 g/mol. The minimum absolute atomic E-state index is 0.206. The molecule has 126 valence electrons. The van der Waals surface area contributed by atoms with Gasteiger partial charge in [0.25, 0.3) is 0 Å². The number of imidazole rings is 1. The van der Waals surface area contributed by atoms with E-state index in [1.807, 2.05) is 5.38 Å². The standard InChI is InChI=1S/C15H16N4O3S2/c20-15-17-12-2-1-11(9-13(12)18-15)24(21,22)19-6-3-10(4-7-19)14-16-5-8-23-14/h1-2,5,8-10H,3-4,6-7H2,(H2,17,18,20). The number of fused-ring (bicyclic) bond motifs is 1. The molecule has 4 rings (SSSR count). The average Bonchev–Trinajstić information content (AvgIpc) is 3.22. The van der Waals surface area contributed by atoms with Gasteiger partial charge in [-0.2, -0.15) is 4.31 Å². The highest BCUT2D eigenvalue weighted by molar-refractivity contribution is 7.89. The Bertz CT molecular complexity index is 1010. The van der Waals surface area contributed by atoms with Gasteiger partial charge in [0.1, 0.15) is 0 Å². The molecule has 3 aromatic rings. The van der Waals surface area contributed by atoms with Gasteiger partial charge >= 0.3 is 5.69 Å². The zero-order chi connectivity index (χ0) is 16.7. The molecule has 9 heteroatoms. The molecular formula is C15H16N4O3S2. The number of sulfonamides is 1. The van der Waals surface area contributed by atoms with Gasteiger partial charge in [0.05, 0.1) is 20.9 Å². The molecule has 0 saturated carbocycles. The molecule has 0 amide bonds. The smallest absolute Gasteiger partial charge is 0.306 e. The number of nitrogens with one attached hydrogen (secondary N) is 2. The molecule has 2 N–H and O–H groups in total. The molecule has 1 saturated heterocycles. The Morgan fingerprint density at radius 3 is 2.62 bits per heavy atom. The summed E-state index contributed by atoms with van der Waals surface area (Å²) in [6.07, 6.45) is 3.34. The molecule has 1 aliphatic rings. The van der Waals surface area contributed by atoms with E-state index in [-0.39, 0.29) is 10.6 Å². The fraction of sp³-hybridized carbons (Fsp3) is 0.333. The number of aromatic nitrogens is 3. The lowest BCUT2D eigenvalue weighted by atomic mass is 9.99. The van der Waals surface area contributed by atoms with Crippen LogP contribution in [-0.4, -0.2) is 40.8 Å². The summed E-state index contributed by atoms with van der Waals surface area (Å²) >= 11 is 1.62. The Hall–Kier alpha value is -1.97. The number of piperidine rings is 1. The lowest BCUT2D eigenvalue weighted by molar-refractivity contribution is 0.319. The van der Waals surface area contributed by atoms with Crippen molar-refractivity contribution in [3.05, 3.63) is 45.3 Å².